The minimum atomic E-state index is -0.568. The van der Waals surface area contributed by atoms with Crippen LogP contribution in [0, 0.1) is 11.6 Å². The molecular weight excluding hydrogens is 254 g/mol. The van der Waals surface area contributed by atoms with Crippen molar-refractivity contribution in [1.29, 1.82) is 0 Å². The third-order valence-corrected chi connectivity index (χ3v) is 3.44. The Balaban J connectivity index is 2.84. The van der Waals surface area contributed by atoms with E-state index in [0.717, 1.165) is 0 Å². The Morgan fingerprint density at radius 2 is 1.67 bits per heavy atom. The summed E-state index contributed by atoms with van der Waals surface area (Å²) >= 11 is 1.55. The van der Waals surface area contributed by atoms with E-state index in [-0.39, 0.29) is 16.5 Å². The highest BCUT2D eigenvalue weighted by Gasteiger charge is 2.16. The third kappa shape index (κ3) is 4.14. The van der Waals surface area contributed by atoms with Crippen LogP contribution in [0.1, 0.15) is 39.3 Å². The highest BCUT2D eigenvalue weighted by atomic mass is 32.2. The first-order valence-electron chi connectivity index (χ1n) is 5.85. The van der Waals surface area contributed by atoms with E-state index in [1.54, 1.807) is 11.9 Å². The molecule has 2 N–H and O–H groups in total. The second-order valence-corrected chi connectivity index (χ2v) is 6.83. The number of halogens is 2. The maximum atomic E-state index is 13.6. The molecule has 1 atom stereocenters. The van der Waals surface area contributed by atoms with E-state index in [9.17, 15) is 8.78 Å². The molecule has 0 bridgehead atoms. The van der Waals surface area contributed by atoms with Gasteiger partial charge >= 0.3 is 0 Å². The minimum absolute atomic E-state index is 0.0518. The summed E-state index contributed by atoms with van der Waals surface area (Å²) in [6, 6.07) is 2.59. The van der Waals surface area contributed by atoms with Crippen LogP contribution in [0.5, 0.6) is 0 Å². The van der Waals surface area contributed by atoms with Gasteiger partial charge in [-0.25, -0.2) is 8.78 Å². The van der Waals surface area contributed by atoms with Crippen molar-refractivity contribution >= 4 is 17.6 Å². The molecule has 0 unspecified atom stereocenters. The second kappa shape index (κ2) is 5.89. The Morgan fingerprint density at radius 1 is 1.17 bits per heavy atom. The lowest BCUT2D eigenvalue weighted by Crippen LogP contribution is -2.20. The first kappa shape index (κ1) is 15.2. The van der Waals surface area contributed by atoms with E-state index in [4.69, 9.17) is 0 Å². The molecule has 1 rings (SSSR count). The maximum Gasteiger partial charge on any atom is 0.149 e. The van der Waals surface area contributed by atoms with Crippen molar-refractivity contribution in [3.8, 4) is 0 Å². The summed E-state index contributed by atoms with van der Waals surface area (Å²) < 4.78 is 30.5. The molecule has 0 amide bonds. The molecule has 1 aromatic rings. The topological polar surface area (TPSA) is 24.1 Å². The summed E-state index contributed by atoms with van der Waals surface area (Å²) in [5.74, 6) is -1.14. The van der Waals surface area contributed by atoms with Crippen LogP contribution in [-0.4, -0.2) is 11.8 Å². The van der Waals surface area contributed by atoms with Crippen molar-refractivity contribution in [2.75, 3.05) is 12.4 Å². The molecule has 0 heterocycles. The SMILES string of the molecule is CNc1c(F)cc([C@@H](C)NSC(C)(C)C)cc1F. The fraction of sp³-hybridized carbons (Fsp3) is 0.538. The van der Waals surface area contributed by atoms with E-state index in [1.807, 2.05) is 6.92 Å². The average Bonchev–Trinajstić information content (AvgIpc) is 2.24. The van der Waals surface area contributed by atoms with Crippen LogP contribution in [0.4, 0.5) is 14.5 Å². The zero-order valence-electron chi connectivity index (χ0n) is 11.4. The van der Waals surface area contributed by atoms with Gasteiger partial charge in [-0.15, -0.1) is 0 Å². The fourth-order valence-corrected chi connectivity index (χ4v) is 2.08. The zero-order valence-corrected chi connectivity index (χ0v) is 12.2. The molecule has 0 aliphatic rings. The number of nitrogens with one attached hydrogen (secondary N) is 2. The van der Waals surface area contributed by atoms with E-state index in [2.05, 4.69) is 30.8 Å². The lowest BCUT2D eigenvalue weighted by atomic mass is 10.1. The van der Waals surface area contributed by atoms with Crippen molar-refractivity contribution in [2.45, 2.75) is 38.5 Å². The molecular formula is C13H20F2N2S. The minimum Gasteiger partial charge on any atom is -0.383 e. The van der Waals surface area contributed by atoms with E-state index in [1.165, 1.54) is 19.2 Å². The van der Waals surface area contributed by atoms with Gasteiger partial charge in [0.25, 0.3) is 0 Å². The molecule has 18 heavy (non-hydrogen) atoms. The Kier molecular flexibility index (Phi) is 4.99. The van der Waals surface area contributed by atoms with Gasteiger partial charge < -0.3 is 5.32 Å². The number of anilines is 1. The predicted octanol–water partition coefficient (Wildman–Crippen LogP) is 4.10. The van der Waals surface area contributed by atoms with E-state index in [0.29, 0.717) is 5.56 Å². The van der Waals surface area contributed by atoms with Gasteiger partial charge in [0, 0.05) is 17.8 Å². The van der Waals surface area contributed by atoms with Crippen molar-refractivity contribution in [3.05, 3.63) is 29.3 Å². The van der Waals surface area contributed by atoms with Crippen LogP contribution in [0.25, 0.3) is 0 Å². The van der Waals surface area contributed by atoms with Crippen molar-refractivity contribution in [3.63, 3.8) is 0 Å². The molecule has 102 valence electrons. The summed E-state index contributed by atoms with van der Waals surface area (Å²) in [5, 5.41) is 2.51. The molecule has 0 radical (unpaired) electrons. The van der Waals surface area contributed by atoms with Gasteiger partial charge in [-0.2, -0.15) is 0 Å². The summed E-state index contributed by atoms with van der Waals surface area (Å²) in [5.41, 5.74) is 0.509. The zero-order chi connectivity index (χ0) is 13.9. The van der Waals surface area contributed by atoms with Gasteiger partial charge in [0.05, 0.1) is 0 Å². The van der Waals surface area contributed by atoms with Gasteiger partial charge in [-0.1, -0.05) is 11.9 Å². The molecule has 0 aliphatic carbocycles. The normalized spacial score (nSPS) is 13.5. The average molecular weight is 274 g/mol. The van der Waals surface area contributed by atoms with Gasteiger partial charge in [0.2, 0.25) is 0 Å². The van der Waals surface area contributed by atoms with Crippen molar-refractivity contribution in [2.24, 2.45) is 0 Å². The number of benzene rings is 1. The molecule has 0 aromatic heterocycles. The molecule has 0 saturated heterocycles. The Morgan fingerprint density at radius 3 is 2.06 bits per heavy atom. The van der Waals surface area contributed by atoms with Crippen LogP contribution in [0.2, 0.25) is 0 Å². The molecule has 5 heteroatoms. The predicted molar refractivity (Wildman–Crippen MR) is 74.8 cm³/mol. The third-order valence-electron chi connectivity index (χ3n) is 2.36. The van der Waals surface area contributed by atoms with Crippen LogP contribution in [0.3, 0.4) is 0 Å². The summed E-state index contributed by atoms with van der Waals surface area (Å²) in [6.07, 6.45) is 0. The van der Waals surface area contributed by atoms with Crippen molar-refractivity contribution in [1.82, 2.24) is 4.72 Å². The van der Waals surface area contributed by atoms with Gasteiger partial charge in [-0.05, 0) is 45.4 Å². The molecule has 0 fully saturated rings. The van der Waals surface area contributed by atoms with Crippen LogP contribution >= 0.6 is 11.9 Å². The fourth-order valence-electron chi connectivity index (χ4n) is 1.41. The molecule has 0 spiro atoms. The lowest BCUT2D eigenvalue weighted by molar-refractivity contribution is 0.580. The van der Waals surface area contributed by atoms with Crippen LogP contribution in [-0.2, 0) is 0 Å². The van der Waals surface area contributed by atoms with Gasteiger partial charge in [-0.3, -0.25) is 4.72 Å². The molecule has 2 nitrogen and oxygen atoms in total. The Labute approximate surface area is 112 Å². The lowest BCUT2D eigenvalue weighted by Gasteiger charge is -2.22. The first-order chi connectivity index (χ1) is 8.24. The number of hydrogen-bond acceptors (Lipinski definition) is 3. The molecule has 0 saturated carbocycles. The summed E-state index contributed by atoms with van der Waals surface area (Å²) in [7, 11) is 1.50. The van der Waals surface area contributed by atoms with Gasteiger partial charge in [0.15, 0.2) is 0 Å². The Bertz CT molecular complexity index is 393. The van der Waals surface area contributed by atoms with Crippen LogP contribution in [0.15, 0.2) is 12.1 Å². The maximum absolute atomic E-state index is 13.6. The largest absolute Gasteiger partial charge is 0.383 e. The quantitative estimate of drug-likeness (QED) is 0.808. The monoisotopic (exact) mass is 274 g/mol. The molecule has 1 aromatic carbocycles. The van der Waals surface area contributed by atoms with Crippen LogP contribution < -0.4 is 10.0 Å². The Hall–Kier alpha value is -0.810. The molecule has 0 aliphatic heterocycles. The van der Waals surface area contributed by atoms with Crippen molar-refractivity contribution < 1.29 is 8.78 Å². The summed E-state index contributed by atoms with van der Waals surface area (Å²) in [6.45, 7) is 8.10. The number of rotatable bonds is 4. The van der Waals surface area contributed by atoms with E-state index >= 15 is 0 Å². The highest BCUT2D eigenvalue weighted by Crippen LogP contribution is 2.27. The van der Waals surface area contributed by atoms with E-state index < -0.39 is 11.6 Å². The smallest absolute Gasteiger partial charge is 0.149 e. The standard InChI is InChI=1S/C13H20F2N2S/c1-8(17-18-13(2,3)4)9-6-10(14)12(16-5)11(15)7-9/h6-8,16-17H,1-5H3/t8-/m1/s1. The highest BCUT2D eigenvalue weighted by molar-refractivity contribution is 7.98. The number of hydrogen-bond donors (Lipinski definition) is 2. The first-order valence-corrected chi connectivity index (χ1v) is 6.66. The van der Waals surface area contributed by atoms with Gasteiger partial charge in [0.1, 0.15) is 17.3 Å². The second-order valence-electron chi connectivity index (χ2n) is 5.16. The summed E-state index contributed by atoms with van der Waals surface area (Å²) in [4.78, 5) is 0.